The zero-order valence-corrected chi connectivity index (χ0v) is 12.5. The Morgan fingerprint density at radius 1 is 1.37 bits per heavy atom. The van der Waals surface area contributed by atoms with Crippen molar-refractivity contribution in [3.63, 3.8) is 0 Å². The molecule has 3 unspecified atom stereocenters. The maximum absolute atomic E-state index is 13.9. The Morgan fingerprint density at radius 3 is 2.74 bits per heavy atom. The molecule has 0 saturated heterocycles. The molecule has 1 aliphatic carbocycles. The molecule has 0 aromatic heterocycles. The van der Waals surface area contributed by atoms with Gasteiger partial charge in [0, 0.05) is 16.6 Å². The van der Waals surface area contributed by atoms with E-state index in [2.05, 4.69) is 13.8 Å². The molecular formula is C16H23ClFN. The van der Waals surface area contributed by atoms with Crippen LogP contribution in [0, 0.1) is 23.6 Å². The van der Waals surface area contributed by atoms with Crippen molar-refractivity contribution in [2.75, 3.05) is 0 Å². The molecule has 3 heteroatoms. The molecule has 0 aliphatic heterocycles. The molecule has 1 saturated carbocycles. The molecule has 1 nitrogen and oxygen atoms in total. The fourth-order valence-corrected chi connectivity index (χ4v) is 3.39. The van der Waals surface area contributed by atoms with Crippen LogP contribution < -0.4 is 5.73 Å². The lowest BCUT2D eigenvalue weighted by Crippen LogP contribution is -2.38. The average molecular weight is 284 g/mol. The molecule has 106 valence electrons. The lowest BCUT2D eigenvalue weighted by atomic mass is 9.72. The Hall–Kier alpha value is -0.600. The third-order valence-electron chi connectivity index (χ3n) is 4.55. The highest BCUT2D eigenvalue weighted by Crippen LogP contribution is 2.36. The van der Waals surface area contributed by atoms with Crippen LogP contribution >= 0.6 is 11.6 Å². The van der Waals surface area contributed by atoms with Gasteiger partial charge < -0.3 is 5.73 Å². The van der Waals surface area contributed by atoms with Gasteiger partial charge in [-0.2, -0.15) is 0 Å². The van der Waals surface area contributed by atoms with E-state index in [1.54, 1.807) is 12.1 Å². The van der Waals surface area contributed by atoms with E-state index in [0.29, 0.717) is 34.8 Å². The first-order chi connectivity index (χ1) is 8.99. The summed E-state index contributed by atoms with van der Waals surface area (Å²) >= 11 is 6.11. The van der Waals surface area contributed by atoms with E-state index in [-0.39, 0.29) is 11.9 Å². The summed E-state index contributed by atoms with van der Waals surface area (Å²) in [5.41, 5.74) is 6.86. The minimum Gasteiger partial charge on any atom is -0.327 e. The lowest BCUT2D eigenvalue weighted by molar-refractivity contribution is 0.188. The van der Waals surface area contributed by atoms with Gasteiger partial charge in [-0.3, -0.25) is 0 Å². The van der Waals surface area contributed by atoms with E-state index < -0.39 is 0 Å². The minimum atomic E-state index is -0.202. The molecule has 1 fully saturated rings. The monoisotopic (exact) mass is 283 g/mol. The van der Waals surface area contributed by atoms with E-state index >= 15 is 0 Å². The molecule has 1 aromatic rings. The van der Waals surface area contributed by atoms with E-state index in [4.69, 9.17) is 17.3 Å². The number of benzene rings is 1. The quantitative estimate of drug-likeness (QED) is 0.873. The Morgan fingerprint density at radius 2 is 2.11 bits per heavy atom. The van der Waals surface area contributed by atoms with Crippen LogP contribution in [0.25, 0.3) is 0 Å². The molecule has 2 N–H and O–H groups in total. The summed E-state index contributed by atoms with van der Waals surface area (Å²) < 4.78 is 13.9. The van der Waals surface area contributed by atoms with Crippen molar-refractivity contribution in [2.45, 2.75) is 45.6 Å². The van der Waals surface area contributed by atoms with Crippen molar-refractivity contribution >= 4 is 11.6 Å². The third kappa shape index (κ3) is 3.49. The predicted octanol–water partition coefficient (Wildman–Crippen LogP) is 4.42. The van der Waals surface area contributed by atoms with Crippen LogP contribution in [0.3, 0.4) is 0 Å². The second-order valence-electron chi connectivity index (χ2n) is 6.15. The lowest BCUT2D eigenvalue weighted by Gasteiger charge is -2.36. The highest BCUT2D eigenvalue weighted by atomic mass is 35.5. The fourth-order valence-electron chi connectivity index (χ4n) is 3.15. The van der Waals surface area contributed by atoms with Gasteiger partial charge in [-0.15, -0.1) is 0 Å². The van der Waals surface area contributed by atoms with Gasteiger partial charge in [0.2, 0.25) is 0 Å². The number of halogens is 2. The first-order valence-corrected chi connectivity index (χ1v) is 7.55. The summed E-state index contributed by atoms with van der Waals surface area (Å²) in [4.78, 5) is 0. The molecule has 0 heterocycles. The molecule has 3 atom stereocenters. The SMILES string of the molecule is CC(C)C1CCC(N)C(Cc2c(F)cccc2Cl)C1. The number of hydrogen-bond donors (Lipinski definition) is 1. The zero-order valence-electron chi connectivity index (χ0n) is 11.7. The Bertz CT molecular complexity index is 413. The van der Waals surface area contributed by atoms with Gasteiger partial charge >= 0.3 is 0 Å². The molecule has 2 rings (SSSR count). The molecule has 19 heavy (non-hydrogen) atoms. The second kappa shape index (κ2) is 6.23. The summed E-state index contributed by atoms with van der Waals surface area (Å²) in [6.45, 7) is 4.52. The van der Waals surface area contributed by atoms with Gasteiger partial charge in [0.05, 0.1) is 0 Å². The summed E-state index contributed by atoms with van der Waals surface area (Å²) in [6, 6.07) is 5.06. The van der Waals surface area contributed by atoms with Gasteiger partial charge in [0.15, 0.2) is 0 Å². The minimum absolute atomic E-state index is 0.172. The van der Waals surface area contributed by atoms with Crippen molar-refractivity contribution in [2.24, 2.45) is 23.5 Å². The smallest absolute Gasteiger partial charge is 0.127 e. The van der Waals surface area contributed by atoms with Crippen LogP contribution in [0.15, 0.2) is 18.2 Å². The van der Waals surface area contributed by atoms with E-state index in [1.807, 2.05) is 0 Å². The van der Waals surface area contributed by atoms with Crippen LogP contribution in [-0.4, -0.2) is 6.04 Å². The molecule has 0 radical (unpaired) electrons. The highest BCUT2D eigenvalue weighted by Gasteiger charge is 2.30. The third-order valence-corrected chi connectivity index (χ3v) is 4.91. The van der Waals surface area contributed by atoms with Gasteiger partial charge in [-0.25, -0.2) is 4.39 Å². The number of rotatable bonds is 3. The average Bonchev–Trinajstić information content (AvgIpc) is 2.35. The normalized spacial score (nSPS) is 27.8. The zero-order chi connectivity index (χ0) is 14.0. The predicted molar refractivity (Wildman–Crippen MR) is 78.8 cm³/mol. The standard InChI is InChI=1S/C16H23ClFN/c1-10(2)11-6-7-16(19)12(8-11)9-13-14(17)4-3-5-15(13)18/h3-5,10-12,16H,6-9,19H2,1-2H3. The summed E-state index contributed by atoms with van der Waals surface area (Å²) in [6.07, 6.45) is 3.99. The summed E-state index contributed by atoms with van der Waals surface area (Å²) in [5, 5.41) is 0.527. The second-order valence-corrected chi connectivity index (χ2v) is 6.55. The topological polar surface area (TPSA) is 26.0 Å². The summed E-state index contributed by atoms with van der Waals surface area (Å²) in [5.74, 6) is 1.52. The molecule has 0 amide bonds. The van der Waals surface area contributed by atoms with Crippen molar-refractivity contribution in [1.29, 1.82) is 0 Å². The molecule has 1 aliphatic rings. The molecular weight excluding hydrogens is 261 g/mol. The van der Waals surface area contributed by atoms with Crippen LogP contribution in [0.1, 0.15) is 38.7 Å². The van der Waals surface area contributed by atoms with Crippen molar-refractivity contribution in [3.05, 3.63) is 34.6 Å². The molecule has 1 aromatic carbocycles. The van der Waals surface area contributed by atoms with E-state index in [9.17, 15) is 4.39 Å². The van der Waals surface area contributed by atoms with E-state index in [1.165, 1.54) is 12.5 Å². The molecule has 0 spiro atoms. The number of nitrogens with two attached hydrogens (primary N) is 1. The van der Waals surface area contributed by atoms with Gasteiger partial charge in [-0.05, 0) is 55.6 Å². The summed E-state index contributed by atoms with van der Waals surface area (Å²) in [7, 11) is 0. The fraction of sp³-hybridized carbons (Fsp3) is 0.625. The Balaban J connectivity index is 2.12. The maximum atomic E-state index is 13.9. The van der Waals surface area contributed by atoms with Gasteiger partial charge in [-0.1, -0.05) is 31.5 Å². The van der Waals surface area contributed by atoms with Crippen molar-refractivity contribution < 1.29 is 4.39 Å². The Kier molecular flexibility index (Phi) is 4.86. The van der Waals surface area contributed by atoms with Crippen LogP contribution in [0.5, 0.6) is 0 Å². The van der Waals surface area contributed by atoms with Crippen molar-refractivity contribution in [3.8, 4) is 0 Å². The highest BCUT2D eigenvalue weighted by molar-refractivity contribution is 6.31. The van der Waals surface area contributed by atoms with Crippen LogP contribution in [0.2, 0.25) is 5.02 Å². The number of hydrogen-bond acceptors (Lipinski definition) is 1. The van der Waals surface area contributed by atoms with Crippen LogP contribution in [0.4, 0.5) is 4.39 Å². The maximum Gasteiger partial charge on any atom is 0.127 e. The van der Waals surface area contributed by atoms with Gasteiger partial charge in [0.25, 0.3) is 0 Å². The van der Waals surface area contributed by atoms with Crippen LogP contribution in [-0.2, 0) is 6.42 Å². The molecule has 0 bridgehead atoms. The van der Waals surface area contributed by atoms with Crippen molar-refractivity contribution in [1.82, 2.24) is 0 Å². The Labute approximate surface area is 120 Å². The first-order valence-electron chi connectivity index (χ1n) is 7.17. The van der Waals surface area contributed by atoms with E-state index in [0.717, 1.165) is 12.8 Å². The van der Waals surface area contributed by atoms with Gasteiger partial charge in [0.1, 0.15) is 5.82 Å². The first kappa shape index (κ1) is 14.8. The largest absolute Gasteiger partial charge is 0.327 e.